The molecule has 0 amide bonds. The third-order valence-corrected chi connectivity index (χ3v) is 6.60. The highest BCUT2D eigenvalue weighted by atomic mass is 16.7. The molecule has 0 atom stereocenters. The van der Waals surface area contributed by atoms with E-state index in [2.05, 4.69) is 35.6 Å². The molecule has 0 radical (unpaired) electrons. The Bertz CT molecular complexity index is 595. The van der Waals surface area contributed by atoms with Gasteiger partial charge >= 0.3 is 0 Å². The van der Waals surface area contributed by atoms with Gasteiger partial charge in [-0.25, -0.2) is 0 Å². The van der Waals surface area contributed by atoms with E-state index in [9.17, 15) is 0 Å². The van der Waals surface area contributed by atoms with E-state index in [4.69, 9.17) is 24.7 Å². The summed E-state index contributed by atoms with van der Waals surface area (Å²) < 4.78 is 22.6. The average Bonchev–Trinajstić information content (AvgIpc) is 3.42. The normalized spacial score (nSPS) is 28.4. The molecule has 2 aliphatic carbocycles. The zero-order valence-electron chi connectivity index (χ0n) is 17.4. The smallest absolute Gasteiger partial charge is 0.168 e. The quantitative estimate of drug-likeness (QED) is 0.806. The van der Waals surface area contributed by atoms with Gasteiger partial charge in [-0.3, -0.25) is 0 Å². The lowest BCUT2D eigenvalue weighted by Gasteiger charge is -2.35. The summed E-state index contributed by atoms with van der Waals surface area (Å²) in [6.07, 6.45) is 8.39. The molecule has 0 unspecified atom stereocenters. The van der Waals surface area contributed by atoms with Gasteiger partial charge in [0, 0.05) is 44.3 Å². The molecule has 4 aliphatic rings. The molecular formula is C23H36N2O4. The topological polar surface area (TPSA) is 75.0 Å². The van der Waals surface area contributed by atoms with Gasteiger partial charge in [0.05, 0.1) is 26.4 Å². The van der Waals surface area contributed by atoms with E-state index in [0.29, 0.717) is 12.1 Å². The summed E-state index contributed by atoms with van der Waals surface area (Å²) in [6.45, 7) is 4.01. The molecule has 6 nitrogen and oxygen atoms in total. The van der Waals surface area contributed by atoms with E-state index in [1.807, 2.05) is 0 Å². The number of nitrogens with one attached hydrogen (secondary N) is 1. The zero-order chi connectivity index (χ0) is 20.0. The molecule has 1 aromatic carbocycles. The molecule has 0 bridgehead atoms. The van der Waals surface area contributed by atoms with Crippen molar-refractivity contribution in [3.63, 3.8) is 0 Å². The summed E-state index contributed by atoms with van der Waals surface area (Å²) in [7, 11) is 0. The Hall–Kier alpha value is -1.02. The summed E-state index contributed by atoms with van der Waals surface area (Å²) in [6, 6.07) is 11.5. The zero-order valence-corrected chi connectivity index (χ0v) is 17.4. The summed E-state index contributed by atoms with van der Waals surface area (Å²) >= 11 is 0. The number of hydrogen-bond acceptors (Lipinski definition) is 6. The Balaban J connectivity index is 0.000000159. The predicted molar refractivity (Wildman–Crippen MR) is 111 cm³/mol. The Morgan fingerprint density at radius 1 is 0.759 bits per heavy atom. The van der Waals surface area contributed by atoms with E-state index in [0.717, 1.165) is 84.3 Å². The monoisotopic (exact) mass is 404 g/mol. The molecule has 1 aromatic rings. The van der Waals surface area contributed by atoms with Crippen molar-refractivity contribution in [1.82, 2.24) is 5.32 Å². The van der Waals surface area contributed by atoms with Crippen molar-refractivity contribution in [1.29, 1.82) is 0 Å². The lowest BCUT2D eigenvalue weighted by Crippen LogP contribution is -2.41. The first-order chi connectivity index (χ1) is 14.2. The van der Waals surface area contributed by atoms with Crippen molar-refractivity contribution in [2.24, 2.45) is 5.73 Å². The van der Waals surface area contributed by atoms with E-state index in [-0.39, 0.29) is 11.6 Å². The van der Waals surface area contributed by atoms with Gasteiger partial charge in [-0.2, -0.15) is 0 Å². The third-order valence-electron chi connectivity index (χ3n) is 6.60. The van der Waals surface area contributed by atoms with Gasteiger partial charge in [0.1, 0.15) is 0 Å². The van der Waals surface area contributed by atoms with E-state index in [1.165, 1.54) is 5.56 Å². The van der Waals surface area contributed by atoms with E-state index < -0.39 is 0 Å². The van der Waals surface area contributed by atoms with E-state index >= 15 is 0 Å². The van der Waals surface area contributed by atoms with Crippen molar-refractivity contribution >= 4 is 0 Å². The Morgan fingerprint density at radius 2 is 1.24 bits per heavy atom. The highest BCUT2D eigenvalue weighted by Crippen LogP contribution is 2.36. The molecule has 0 aromatic heterocycles. The maximum Gasteiger partial charge on any atom is 0.168 e. The van der Waals surface area contributed by atoms with Crippen LogP contribution in [0.1, 0.15) is 56.9 Å². The van der Waals surface area contributed by atoms with Crippen LogP contribution in [-0.4, -0.2) is 50.1 Å². The minimum Gasteiger partial charge on any atom is -0.348 e. The predicted octanol–water partition coefficient (Wildman–Crippen LogP) is 3.09. The third kappa shape index (κ3) is 5.78. The van der Waals surface area contributed by atoms with Crippen LogP contribution in [0.5, 0.6) is 0 Å². The summed E-state index contributed by atoms with van der Waals surface area (Å²) in [5.74, 6) is -0.458. The summed E-state index contributed by atoms with van der Waals surface area (Å²) in [5, 5.41) is 3.63. The number of benzene rings is 1. The van der Waals surface area contributed by atoms with Crippen LogP contribution in [-0.2, 0) is 25.5 Å². The Kier molecular flexibility index (Phi) is 7.21. The minimum atomic E-state index is -0.231. The molecule has 162 valence electrons. The second-order valence-corrected chi connectivity index (χ2v) is 8.69. The minimum absolute atomic E-state index is 0.226. The molecule has 6 heteroatoms. The lowest BCUT2D eigenvalue weighted by molar-refractivity contribution is -0.179. The van der Waals surface area contributed by atoms with Crippen LogP contribution >= 0.6 is 0 Å². The van der Waals surface area contributed by atoms with Crippen LogP contribution in [0.15, 0.2) is 30.3 Å². The number of hydrogen-bond donors (Lipinski definition) is 2. The van der Waals surface area contributed by atoms with Crippen LogP contribution < -0.4 is 11.1 Å². The fourth-order valence-electron chi connectivity index (χ4n) is 4.77. The summed E-state index contributed by atoms with van der Waals surface area (Å²) in [4.78, 5) is 0. The lowest BCUT2D eigenvalue weighted by atomic mass is 9.90. The first-order valence-corrected chi connectivity index (χ1v) is 11.3. The van der Waals surface area contributed by atoms with Gasteiger partial charge < -0.3 is 30.0 Å². The number of ether oxygens (including phenoxy) is 4. The van der Waals surface area contributed by atoms with Gasteiger partial charge in [-0.05, 0) is 31.2 Å². The first-order valence-electron chi connectivity index (χ1n) is 11.3. The van der Waals surface area contributed by atoms with Crippen LogP contribution in [0.25, 0.3) is 0 Å². The highest BCUT2D eigenvalue weighted by Gasteiger charge is 2.40. The van der Waals surface area contributed by atoms with Crippen molar-refractivity contribution in [2.45, 2.75) is 81.6 Å². The molecule has 29 heavy (non-hydrogen) atoms. The van der Waals surface area contributed by atoms with Crippen LogP contribution in [0.4, 0.5) is 0 Å². The molecule has 2 spiro atoms. The molecule has 5 rings (SSSR count). The molecule has 2 aliphatic heterocycles. The van der Waals surface area contributed by atoms with Gasteiger partial charge in [0.25, 0.3) is 0 Å². The first kappa shape index (κ1) is 21.2. The fraction of sp³-hybridized carbons (Fsp3) is 0.739. The fourth-order valence-corrected chi connectivity index (χ4v) is 4.77. The van der Waals surface area contributed by atoms with Crippen molar-refractivity contribution in [2.75, 3.05) is 26.4 Å². The highest BCUT2D eigenvalue weighted by molar-refractivity contribution is 5.14. The molecule has 4 fully saturated rings. The molecule has 2 saturated heterocycles. The second-order valence-electron chi connectivity index (χ2n) is 8.69. The standard InChI is InChI=1S/C15H21NO2.C8H15NO2/c1-2-4-13(5-3-1)12-16-14-6-8-15(9-7-14)17-10-11-18-15;9-7-1-3-8(4-2-7)10-5-6-11-8/h1-5,14,16H,6-12H2;7H,1-6,9H2. The Labute approximate surface area is 174 Å². The molecule has 2 saturated carbocycles. The van der Waals surface area contributed by atoms with Crippen LogP contribution in [0.2, 0.25) is 0 Å². The molecular weight excluding hydrogens is 368 g/mol. The van der Waals surface area contributed by atoms with Crippen molar-refractivity contribution in [3.05, 3.63) is 35.9 Å². The van der Waals surface area contributed by atoms with Gasteiger partial charge in [0.2, 0.25) is 0 Å². The maximum atomic E-state index is 5.77. The molecule has 2 heterocycles. The molecule has 3 N–H and O–H groups in total. The SMILES string of the molecule is NC1CCC2(CC1)OCCO2.c1ccc(CNC2CCC3(CC2)OCCO3)cc1. The average molecular weight is 405 g/mol. The van der Waals surface area contributed by atoms with E-state index in [1.54, 1.807) is 0 Å². The van der Waals surface area contributed by atoms with Gasteiger partial charge in [0.15, 0.2) is 11.6 Å². The largest absolute Gasteiger partial charge is 0.348 e. The Morgan fingerprint density at radius 3 is 1.76 bits per heavy atom. The van der Waals surface area contributed by atoms with Gasteiger partial charge in [-0.1, -0.05) is 30.3 Å². The summed E-state index contributed by atoms with van der Waals surface area (Å²) in [5.41, 5.74) is 7.13. The maximum absolute atomic E-state index is 5.77. The van der Waals surface area contributed by atoms with Crippen LogP contribution in [0.3, 0.4) is 0 Å². The second kappa shape index (κ2) is 9.86. The van der Waals surface area contributed by atoms with Crippen molar-refractivity contribution < 1.29 is 18.9 Å². The number of rotatable bonds is 3. The number of nitrogens with two attached hydrogens (primary N) is 1. The van der Waals surface area contributed by atoms with Gasteiger partial charge in [-0.15, -0.1) is 0 Å². The van der Waals surface area contributed by atoms with Crippen LogP contribution in [0, 0.1) is 0 Å². The van der Waals surface area contributed by atoms with Crippen molar-refractivity contribution in [3.8, 4) is 0 Å².